The molecular formula is C19H20ClN2O4+. The molecule has 1 saturated heterocycles. The molecule has 1 amide bonds. The molecule has 0 saturated carbocycles. The number of quaternary nitrogens is 1. The number of halogens is 1. The molecule has 2 N–H and O–H groups in total. The molecule has 0 spiro atoms. The lowest BCUT2D eigenvalue weighted by molar-refractivity contribution is -0.857. The van der Waals surface area contributed by atoms with Crippen LogP contribution in [0, 0.1) is 0 Å². The zero-order valence-corrected chi connectivity index (χ0v) is 15.3. The van der Waals surface area contributed by atoms with Crippen LogP contribution in [0.3, 0.4) is 0 Å². The Morgan fingerprint density at radius 2 is 1.92 bits per heavy atom. The molecule has 2 heterocycles. The van der Waals surface area contributed by atoms with Gasteiger partial charge < -0.3 is 19.3 Å². The molecule has 1 aliphatic heterocycles. The van der Waals surface area contributed by atoms with Crippen molar-refractivity contribution >= 4 is 29.1 Å². The van der Waals surface area contributed by atoms with E-state index >= 15 is 0 Å². The second kappa shape index (κ2) is 7.35. The molecule has 1 aliphatic rings. The number of Topliss-reactive ketones (excluding diaryl/α,β-unsaturated/α-hetero) is 1. The molecular weight excluding hydrogens is 356 g/mol. The minimum Gasteiger partial charge on any atom is -0.507 e. The first-order valence-electron chi connectivity index (χ1n) is 8.27. The average Bonchev–Trinajstić information content (AvgIpc) is 3.21. The summed E-state index contributed by atoms with van der Waals surface area (Å²) in [7, 11) is 3.93. The van der Waals surface area contributed by atoms with Gasteiger partial charge >= 0.3 is 0 Å². The fourth-order valence-corrected chi connectivity index (χ4v) is 3.09. The lowest BCUT2D eigenvalue weighted by atomic mass is 9.99. The molecule has 1 atom stereocenters. The zero-order valence-electron chi connectivity index (χ0n) is 14.5. The molecule has 3 rings (SSSR count). The number of carbonyl (C=O) groups excluding carboxylic acids is 2. The third-order valence-corrected chi connectivity index (χ3v) is 4.57. The van der Waals surface area contributed by atoms with Gasteiger partial charge in [0.2, 0.25) is 0 Å². The molecule has 26 heavy (non-hydrogen) atoms. The molecule has 1 fully saturated rings. The maximum atomic E-state index is 12.7. The summed E-state index contributed by atoms with van der Waals surface area (Å²) >= 11 is 5.89. The third-order valence-electron chi connectivity index (χ3n) is 4.32. The van der Waals surface area contributed by atoms with Crippen LogP contribution >= 0.6 is 11.6 Å². The summed E-state index contributed by atoms with van der Waals surface area (Å²) in [6, 6.07) is 9.08. The number of rotatable bonds is 5. The van der Waals surface area contributed by atoms with Crippen LogP contribution in [0.5, 0.6) is 0 Å². The number of aliphatic hydroxyl groups is 1. The highest BCUT2D eigenvalue weighted by molar-refractivity contribution is 6.46. The van der Waals surface area contributed by atoms with E-state index in [4.69, 9.17) is 16.0 Å². The number of likely N-dealkylation sites (tertiary alicyclic amines) is 1. The Hall–Kier alpha value is -2.57. The van der Waals surface area contributed by atoms with Gasteiger partial charge in [0.25, 0.3) is 11.7 Å². The van der Waals surface area contributed by atoms with Crippen LogP contribution in [0.2, 0.25) is 5.02 Å². The summed E-state index contributed by atoms with van der Waals surface area (Å²) in [4.78, 5) is 27.8. The van der Waals surface area contributed by atoms with Gasteiger partial charge in [0.05, 0.1) is 39.0 Å². The smallest absolute Gasteiger partial charge is 0.295 e. The van der Waals surface area contributed by atoms with Crippen LogP contribution in [0.15, 0.2) is 52.7 Å². The van der Waals surface area contributed by atoms with Crippen molar-refractivity contribution in [2.45, 2.75) is 6.04 Å². The van der Waals surface area contributed by atoms with Crippen LogP contribution in [0.1, 0.15) is 17.4 Å². The van der Waals surface area contributed by atoms with Gasteiger partial charge in [-0.15, -0.1) is 0 Å². The highest BCUT2D eigenvalue weighted by Crippen LogP contribution is 2.39. The standard InChI is InChI=1S/C19H19ClN2O4/c1-21(2)9-10-22-16(14-4-3-11-26-14)15(18(24)19(22)25)17(23)12-5-7-13(20)8-6-12/h3-8,11,16,23H,9-10H2,1-2H3/p+1/t16-/m0/s1. The summed E-state index contributed by atoms with van der Waals surface area (Å²) in [5, 5.41) is 11.3. The van der Waals surface area contributed by atoms with E-state index in [0.717, 1.165) is 4.90 Å². The fraction of sp³-hybridized carbons (Fsp3) is 0.263. The van der Waals surface area contributed by atoms with Gasteiger partial charge in [0, 0.05) is 10.6 Å². The van der Waals surface area contributed by atoms with Crippen LogP contribution in [0.4, 0.5) is 0 Å². The number of hydrogen-bond acceptors (Lipinski definition) is 4. The van der Waals surface area contributed by atoms with Crippen molar-refractivity contribution in [2.24, 2.45) is 0 Å². The van der Waals surface area contributed by atoms with E-state index in [1.807, 2.05) is 14.1 Å². The van der Waals surface area contributed by atoms with Gasteiger partial charge in [-0.3, -0.25) is 9.59 Å². The summed E-state index contributed by atoms with van der Waals surface area (Å²) in [6.07, 6.45) is 1.48. The Bertz CT molecular complexity index is 841. The SMILES string of the molecule is C[NH+](C)CCN1C(=O)C(=O)C(=C(O)c2ccc(Cl)cc2)[C@@H]1c1ccco1. The number of likely N-dealkylation sites (N-methyl/N-ethyl adjacent to an activating group) is 1. The zero-order chi connectivity index (χ0) is 18.8. The van der Waals surface area contributed by atoms with Crippen molar-refractivity contribution in [3.63, 3.8) is 0 Å². The minimum atomic E-state index is -0.750. The monoisotopic (exact) mass is 375 g/mol. The first-order chi connectivity index (χ1) is 12.4. The van der Waals surface area contributed by atoms with Crippen molar-refractivity contribution in [2.75, 3.05) is 27.2 Å². The van der Waals surface area contributed by atoms with Crippen LogP contribution in [-0.2, 0) is 9.59 Å². The number of benzene rings is 1. The first-order valence-corrected chi connectivity index (χ1v) is 8.64. The molecule has 0 bridgehead atoms. The molecule has 1 aromatic heterocycles. The molecule has 0 radical (unpaired) electrons. The average molecular weight is 376 g/mol. The number of hydrogen-bond donors (Lipinski definition) is 2. The van der Waals surface area contributed by atoms with Crippen molar-refractivity contribution in [1.29, 1.82) is 0 Å². The van der Waals surface area contributed by atoms with E-state index in [1.165, 1.54) is 11.2 Å². The van der Waals surface area contributed by atoms with Gasteiger partial charge in [-0.05, 0) is 36.4 Å². The summed E-state index contributed by atoms with van der Waals surface area (Å²) in [6.45, 7) is 1.03. The lowest BCUT2D eigenvalue weighted by Gasteiger charge is -2.23. The second-order valence-corrected chi connectivity index (χ2v) is 6.91. The van der Waals surface area contributed by atoms with Gasteiger partial charge in [0.15, 0.2) is 0 Å². The third kappa shape index (κ3) is 3.38. The number of carbonyl (C=O) groups is 2. The number of furan rings is 1. The van der Waals surface area contributed by atoms with Crippen molar-refractivity contribution in [3.05, 3.63) is 64.6 Å². The maximum absolute atomic E-state index is 12.7. The molecule has 6 nitrogen and oxygen atoms in total. The van der Waals surface area contributed by atoms with Crippen LogP contribution in [-0.4, -0.2) is 48.9 Å². The Labute approximate surface area is 156 Å². The Balaban J connectivity index is 2.09. The fourth-order valence-electron chi connectivity index (χ4n) is 2.96. The largest absolute Gasteiger partial charge is 0.507 e. The second-order valence-electron chi connectivity index (χ2n) is 6.47. The number of amides is 1. The van der Waals surface area contributed by atoms with Gasteiger partial charge in [-0.2, -0.15) is 0 Å². The van der Waals surface area contributed by atoms with Crippen molar-refractivity contribution < 1.29 is 24.0 Å². The van der Waals surface area contributed by atoms with Gasteiger partial charge in [0.1, 0.15) is 17.6 Å². The quantitative estimate of drug-likeness (QED) is 0.472. The number of nitrogens with one attached hydrogen (secondary N) is 1. The van der Waals surface area contributed by atoms with E-state index in [0.29, 0.717) is 29.4 Å². The van der Waals surface area contributed by atoms with E-state index in [1.54, 1.807) is 36.4 Å². The highest BCUT2D eigenvalue weighted by atomic mass is 35.5. The van der Waals surface area contributed by atoms with E-state index in [-0.39, 0.29) is 11.3 Å². The maximum Gasteiger partial charge on any atom is 0.295 e. The van der Waals surface area contributed by atoms with Crippen LogP contribution in [0.25, 0.3) is 5.76 Å². The van der Waals surface area contributed by atoms with E-state index in [9.17, 15) is 14.7 Å². The molecule has 2 aromatic rings. The molecule has 1 aromatic carbocycles. The first kappa shape index (κ1) is 18.2. The topological polar surface area (TPSA) is 75.2 Å². The van der Waals surface area contributed by atoms with Crippen molar-refractivity contribution in [1.82, 2.24) is 4.90 Å². The Morgan fingerprint density at radius 1 is 1.23 bits per heavy atom. The Morgan fingerprint density at radius 3 is 2.50 bits per heavy atom. The summed E-state index contributed by atoms with van der Waals surface area (Å²) in [5.41, 5.74) is 0.447. The molecule has 0 aliphatic carbocycles. The predicted molar refractivity (Wildman–Crippen MR) is 96.8 cm³/mol. The minimum absolute atomic E-state index is 0.0287. The molecule has 7 heteroatoms. The van der Waals surface area contributed by atoms with Gasteiger partial charge in [-0.25, -0.2) is 0 Å². The number of ketones is 1. The van der Waals surface area contributed by atoms with E-state index in [2.05, 4.69) is 0 Å². The van der Waals surface area contributed by atoms with Crippen molar-refractivity contribution in [3.8, 4) is 0 Å². The normalized spacial score (nSPS) is 19.5. The number of nitrogens with zero attached hydrogens (tertiary/aromatic N) is 1. The predicted octanol–water partition coefficient (Wildman–Crippen LogP) is 1.50. The lowest BCUT2D eigenvalue weighted by Crippen LogP contribution is -3.06. The molecule has 0 unspecified atom stereocenters. The van der Waals surface area contributed by atoms with E-state index < -0.39 is 17.7 Å². The summed E-state index contributed by atoms with van der Waals surface area (Å²) in [5.74, 6) is -1.15. The van der Waals surface area contributed by atoms with Gasteiger partial charge in [-0.1, -0.05) is 11.6 Å². The highest BCUT2D eigenvalue weighted by Gasteiger charge is 2.47. The summed E-state index contributed by atoms with van der Waals surface area (Å²) < 4.78 is 5.47. The van der Waals surface area contributed by atoms with Crippen LogP contribution < -0.4 is 4.90 Å². The number of aliphatic hydroxyl groups excluding tert-OH is 1. The Kier molecular flexibility index (Phi) is 5.15. The molecule has 136 valence electrons.